The van der Waals surface area contributed by atoms with Crippen molar-refractivity contribution in [2.45, 2.75) is 6.42 Å². The van der Waals surface area contributed by atoms with Crippen LogP contribution in [0.3, 0.4) is 0 Å². The van der Waals surface area contributed by atoms with Gasteiger partial charge in [-0.15, -0.1) is 5.10 Å². The number of pyridine rings is 1. The van der Waals surface area contributed by atoms with Crippen molar-refractivity contribution < 1.29 is 4.79 Å². The number of rotatable bonds is 3. The molecule has 0 unspecified atom stereocenters. The molecule has 0 bridgehead atoms. The van der Waals surface area contributed by atoms with Gasteiger partial charge in [0.25, 0.3) is 0 Å². The van der Waals surface area contributed by atoms with Gasteiger partial charge in [0.1, 0.15) is 0 Å². The Morgan fingerprint density at radius 3 is 2.94 bits per heavy atom. The maximum Gasteiger partial charge on any atom is 0.170 e. The summed E-state index contributed by atoms with van der Waals surface area (Å²) in [5.74, 6) is -0.0192. The predicted molar refractivity (Wildman–Crippen MR) is 61.0 cm³/mol. The van der Waals surface area contributed by atoms with Gasteiger partial charge in [0.2, 0.25) is 0 Å². The molecule has 0 radical (unpaired) electrons. The summed E-state index contributed by atoms with van der Waals surface area (Å²) in [4.78, 5) is 15.8. The molecule has 6 heteroatoms. The third-order valence-corrected chi connectivity index (χ3v) is 2.45. The highest BCUT2D eigenvalue weighted by Gasteiger charge is 2.10. The number of carbonyl (C=O) groups is 1. The van der Waals surface area contributed by atoms with Gasteiger partial charge in [-0.3, -0.25) is 14.5 Å². The van der Waals surface area contributed by atoms with E-state index in [1.54, 1.807) is 36.4 Å². The van der Waals surface area contributed by atoms with Crippen LogP contribution in [0.15, 0.2) is 29.1 Å². The lowest BCUT2D eigenvalue weighted by molar-refractivity contribution is 0.0991. The van der Waals surface area contributed by atoms with Gasteiger partial charge in [0.15, 0.2) is 5.78 Å². The van der Waals surface area contributed by atoms with Crippen molar-refractivity contribution in [1.82, 2.24) is 20.0 Å². The van der Waals surface area contributed by atoms with E-state index >= 15 is 0 Å². The molecule has 0 atom stereocenters. The van der Waals surface area contributed by atoms with E-state index in [-0.39, 0.29) is 12.2 Å². The monoisotopic (exact) mass is 280 g/mol. The van der Waals surface area contributed by atoms with Gasteiger partial charge in [-0.1, -0.05) is 5.21 Å². The van der Waals surface area contributed by atoms with Crippen molar-refractivity contribution in [3.05, 3.63) is 40.4 Å². The van der Waals surface area contributed by atoms with Crippen molar-refractivity contribution in [3.63, 3.8) is 0 Å². The van der Waals surface area contributed by atoms with Crippen LogP contribution in [0.4, 0.5) is 0 Å². The summed E-state index contributed by atoms with van der Waals surface area (Å²) in [5.41, 5.74) is 1.23. The second-order valence-electron chi connectivity index (χ2n) is 3.38. The van der Waals surface area contributed by atoms with E-state index in [0.717, 1.165) is 4.47 Å². The lowest BCUT2D eigenvalue weighted by atomic mass is 10.1. The summed E-state index contributed by atoms with van der Waals surface area (Å²) in [6.45, 7) is 0. The molecule has 5 nitrogen and oxygen atoms in total. The molecular weight excluding hydrogens is 272 g/mol. The summed E-state index contributed by atoms with van der Waals surface area (Å²) in [6.07, 6.45) is 5.15. The molecule has 0 N–H and O–H groups in total. The molecule has 2 heterocycles. The fraction of sp³-hybridized carbons (Fsp3) is 0.200. The van der Waals surface area contributed by atoms with Crippen molar-refractivity contribution >= 4 is 21.7 Å². The Labute approximate surface area is 101 Å². The largest absolute Gasteiger partial charge is 0.294 e. The van der Waals surface area contributed by atoms with E-state index in [1.807, 2.05) is 0 Å². The maximum absolute atomic E-state index is 11.8. The Hall–Kier alpha value is -1.56. The third kappa shape index (κ3) is 2.52. The second kappa shape index (κ2) is 4.52. The minimum atomic E-state index is -0.0192. The Morgan fingerprint density at radius 2 is 2.31 bits per heavy atom. The quantitative estimate of drug-likeness (QED) is 0.798. The number of hydrogen-bond donors (Lipinski definition) is 0. The van der Waals surface area contributed by atoms with Gasteiger partial charge in [-0.25, -0.2) is 0 Å². The van der Waals surface area contributed by atoms with Crippen LogP contribution in [0.5, 0.6) is 0 Å². The van der Waals surface area contributed by atoms with Crippen LogP contribution >= 0.6 is 15.9 Å². The van der Waals surface area contributed by atoms with Gasteiger partial charge in [0, 0.05) is 35.7 Å². The minimum Gasteiger partial charge on any atom is -0.294 e. The minimum absolute atomic E-state index is 0.0192. The summed E-state index contributed by atoms with van der Waals surface area (Å²) >= 11 is 3.27. The van der Waals surface area contributed by atoms with E-state index < -0.39 is 0 Å². The number of carbonyl (C=O) groups excluding carboxylic acids is 1. The highest BCUT2D eigenvalue weighted by Crippen LogP contribution is 2.11. The summed E-state index contributed by atoms with van der Waals surface area (Å²) in [6, 6.07) is 1.74. The fourth-order valence-electron chi connectivity index (χ4n) is 1.31. The molecule has 0 aliphatic heterocycles. The van der Waals surface area contributed by atoms with Crippen LogP contribution in [0, 0.1) is 0 Å². The smallest absolute Gasteiger partial charge is 0.170 e. The van der Waals surface area contributed by atoms with Crippen molar-refractivity contribution in [1.29, 1.82) is 0 Å². The Kier molecular flexibility index (Phi) is 3.09. The first-order chi connectivity index (χ1) is 7.65. The summed E-state index contributed by atoms with van der Waals surface area (Å²) in [5, 5.41) is 7.63. The predicted octanol–water partition coefficient (Wildman–Crippen LogP) is 1.40. The standard InChI is InChI=1S/C10H9BrN4O/c1-15-6-9(13-14-15)3-10(16)7-2-8(11)5-12-4-7/h2,4-6H,3H2,1H3. The molecular formula is C10H9BrN4O. The number of aromatic nitrogens is 4. The Bertz CT molecular complexity index is 523. The van der Waals surface area contributed by atoms with E-state index in [2.05, 4.69) is 31.2 Å². The number of nitrogens with zero attached hydrogens (tertiary/aromatic N) is 4. The average Bonchev–Trinajstić information content (AvgIpc) is 2.64. The molecule has 0 aromatic carbocycles. The number of aryl methyl sites for hydroxylation is 1. The van der Waals surface area contributed by atoms with Crippen molar-refractivity contribution in [2.75, 3.05) is 0 Å². The first-order valence-electron chi connectivity index (χ1n) is 4.64. The number of Topliss-reactive ketones (excluding diaryl/α,β-unsaturated/α-hetero) is 1. The van der Waals surface area contributed by atoms with Crippen LogP contribution in [-0.2, 0) is 13.5 Å². The number of hydrogen-bond acceptors (Lipinski definition) is 4. The zero-order chi connectivity index (χ0) is 11.5. The van der Waals surface area contributed by atoms with Crippen LogP contribution in [0.25, 0.3) is 0 Å². The molecule has 0 saturated heterocycles. The van der Waals surface area contributed by atoms with E-state index in [4.69, 9.17) is 0 Å². The highest BCUT2D eigenvalue weighted by molar-refractivity contribution is 9.10. The highest BCUT2D eigenvalue weighted by atomic mass is 79.9. The fourth-order valence-corrected chi connectivity index (χ4v) is 1.67. The molecule has 2 aromatic rings. The molecule has 0 fully saturated rings. The van der Waals surface area contributed by atoms with Gasteiger partial charge in [-0.05, 0) is 22.0 Å². The molecule has 0 aliphatic carbocycles. The van der Waals surface area contributed by atoms with Gasteiger partial charge < -0.3 is 0 Å². The average molecular weight is 281 g/mol. The zero-order valence-corrected chi connectivity index (χ0v) is 10.2. The normalized spacial score (nSPS) is 10.4. The first-order valence-corrected chi connectivity index (χ1v) is 5.43. The molecule has 2 aromatic heterocycles. The Balaban J connectivity index is 2.14. The SMILES string of the molecule is Cn1cc(CC(=O)c2cncc(Br)c2)nn1. The number of ketones is 1. The topological polar surface area (TPSA) is 60.7 Å². The van der Waals surface area contributed by atoms with Crippen LogP contribution in [-0.4, -0.2) is 25.8 Å². The van der Waals surface area contributed by atoms with Gasteiger partial charge >= 0.3 is 0 Å². The molecule has 0 saturated carbocycles. The molecule has 0 spiro atoms. The van der Waals surface area contributed by atoms with E-state index in [0.29, 0.717) is 11.3 Å². The van der Waals surface area contributed by atoms with Gasteiger partial charge in [0.05, 0.1) is 12.1 Å². The second-order valence-corrected chi connectivity index (χ2v) is 4.29. The molecule has 0 aliphatic rings. The van der Waals surface area contributed by atoms with E-state index in [9.17, 15) is 4.79 Å². The summed E-state index contributed by atoms with van der Waals surface area (Å²) in [7, 11) is 1.77. The van der Waals surface area contributed by atoms with E-state index in [1.165, 1.54) is 0 Å². The molecule has 16 heavy (non-hydrogen) atoms. The van der Waals surface area contributed by atoms with Crippen molar-refractivity contribution in [3.8, 4) is 0 Å². The Morgan fingerprint density at radius 1 is 1.50 bits per heavy atom. The van der Waals surface area contributed by atoms with Crippen LogP contribution < -0.4 is 0 Å². The first kappa shape index (κ1) is 10.9. The van der Waals surface area contributed by atoms with Gasteiger partial charge in [-0.2, -0.15) is 0 Å². The van der Waals surface area contributed by atoms with Crippen molar-refractivity contribution in [2.24, 2.45) is 7.05 Å². The van der Waals surface area contributed by atoms with Crippen LogP contribution in [0.2, 0.25) is 0 Å². The maximum atomic E-state index is 11.8. The summed E-state index contributed by atoms with van der Waals surface area (Å²) < 4.78 is 2.36. The lowest BCUT2D eigenvalue weighted by Gasteiger charge is -1.98. The van der Waals surface area contributed by atoms with Crippen LogP contribution in [0.1, 0.15) is 16.1 Å². The lowest BCUT2D eigenvalue weighted by Crippen LogP contribution is -2.04. The molecule has 82 valence electrons. The number of halogens is 1. The molecule has 2 rings (SSSR count). The zero-order valence-electron chi connectivity index (χ0n) is 8.59. The molecule has 0 amide bonds. The third-order valence-electron chi connectivity index (χ3n) is 2.02.